The molecule has 0 unspecified atom stereocenters. The monoisotopic (exact) mass is 404 g/mol. The van der Waals surface area contributed by atoms with Crippen LogP contribution in [-0.4, -0.2) is 31.4 Å². The van der Waals surface area contributed by atoms with Crippen LogP contribution in [0.25, 0.3) is 10.9 Å². The van der Waals surface area contributed by atoms with Crippen molar-refractivity contribution in [1.29, 1.82) is 0 Å². The van der Waals surface area contributed by atoms with Gasteiger partial charge >= 0.3 is 0 Å². The Morgan fingerprint density at radius 3 is 2.53 bits per heavy atom. The molecule has 0 radical (unpaired) electrons. The van der Waals surface area contributed by atoms with Crippen LogP contribution in [0.2, 0.25) is 0 Å². The fourth-order valence-electron chi connectivity index (χ4n) is 4.11. The maximum atomic E-state index is 13.4. The van der Waals surface area contributed by atoms with Gasteiger partial charge in [0.05, 0.1) is 17.7 Å². The number of fused-ring (bicyclic) bond motifs is 1. The number of ether oxygens (including phenoxy) is 1. The molecule has 0 aliphatic carbocycles. The first-order chi connectivity index (χ1) is 14.6. The number of hydrogen-bond acceptors (Lipinski definition) is 4. The highest BCUT2D eigenvalue weighted by atomic mass is 16.5. The van der Waals surface area contributed by atoms with E-state index in [0.29, 0.717) is 43.7 Å². The summed E-state index contributed by atoms with van der Waals surface area (Å²) in [4.78, 5) is 30.5. The summed E-state index contributed by atoms with van der Waals surface area (Å²) >= 11 is 0. The third-order valence-electron chi connectivity index (χ3n) is 5.68. The second kappa shape index (κ2) is 8.53. The Kier molecular flexibility index (Phi) is 5.65. The highest BCUT2D eigenvalue weighted by Crippen LogP contribution is 2.34. The van der Waals surface area contributed by atoms with Crippen LogP contribution < -0.4 is 20.4 Å². The van der Waals surface area contributed by atoms with Crippen LogP contribution in [0.3, 0.4) is 0 Å². The number of nitrogens with one attached hydrogen (secondary N) is 1. The lowest BCUT2D eigenvalue weighted by molar-refractivity contribution is -0.344. The molecule has 30 heavy (non-hydrogen) atoms. The SMILES string of the molecule is CCOc1ccc2[nH+]cc(C(=O)c3ccccc3)c(N3CCC(C(N)=O)CC3)c2c1. The summed E-state index contributed by atoms with van der Waals surface area (Å²) in [6.45, 7) is 3.85. The van der Waals surface area contributed by atoms with Gasteiger partial charge in [0.2, 0.25) is 17.2 Å². The number of benzene rings is 2. The number of carbonyl (C=O) groups excluding carboxylic acids is 2. The second-order valence-electron chi connectivity index (χ2n) is 7.55. The molecule has 6 nitrogen and oxygen atoms in total. The van der Waals surface area contributed by atoms with E-state index in [4.69, 9.17) is 10.5 Å². The first kappa shape index (κ1) is 19.9. The number of nitrogens with zero attached hydrogens (tertiary/aromatic N) is 1. The van der Waals surface area contributed by atoms with Gasteiger partial charge in [0, 0.05) is 30.6 Å². The third-order valence-corrected chi connectivity index (χ3v) is 5.68. The van der Waals surface area contributed by atoms with E-state index >= 15 is 0 Å². The van der Waals surface area contributed by atoms with Crippen molar-refractivity contribution in [3.05, 3.63) is 65.9 Å². The summed E-state index contributed by atoms with van der Waals surface area (Å²) in [6, 6.07) is 15.1. The summed E-state index contributed by atoms with van der Waals surface area (Å²) in [6.07, 6.45) is 3.15. The Labute approximate surface area is 175 Å². The summed E-state index contributed by atoms with van der Waals surface area (Å²) in [5.41, 5.74) is 8.57. The van der Waals surface area contributed by atoms with Crippen molar-refractivity contribution in [2.24, 2.45) is 11.7 Å². The first-order valence-electron chi connectivity index (χ1n) is 10.3. The molecule has 1 fully saturated rings. The number of nitrogens with two attached hydrogens (primary N) is 1. The van der Waals surface area contributed by atoms with Crippen molar-refractivity contribution >= 4 is 28.3 Å². The molecule has 0 atom stereocenters. The Balaban J connectivity index is 1.83. The lowest BCUT2D eigenvalue weighted by atomic mass is 9.93. The molecule has 3 aromatic rings. The maximum absolute atomic E-state index is 13.4. The van der Waals surface area contributed by atoms with Crippen LogP contribution in [0.1, 0.15) is 35.7 Å². The number of aromatic nitrogens is 1. The number of H-pyrrole nitrogens is 1. The summed E-state index contributed by atoms with van der Waals surface area (Å²) < 4.78 is 5.71. The van der Waals surface area contributed by atoms with Crippen molar-refractivity contribution in [2.75, 3.05) is 24.6 Å². The van der Waals surface area contributed by atoms with Gasteiger partial charge in [0.15, 0.2) is 6.20 Å². The van der Waals surface area contributed by atoms with Gasteiger partial charge in [-0.3, -0.25) is 9.59 Å². The van der Waals surface area contributed by atoms with Gasteiger partial charge in [-0.2, -0.15) is 0 Å². The molecule has 3 N–H and O–H groups in total. The Hall–Kier alpha value is -3.41. The zero-order valence-electron chi connectivity index (χ0n) is 17.1. The number of amides is 1. The standard InChI is InChI=1S/C24H25N3O3/c1-2-30-18-8-9-21-19(14-18)22(27-12-10-17(11-13-27)24(25)29)20(15-26-21)23(28)16-6-4-3-5-7-16/h3-9,14-15,17H,2,10-13H2,1H3,(H2,25,29)/p+1. The Morgan fingerprint density at radius 1 is 1.13 bits per heavy atom. The zero-order valence-corrected chi connectivity index (χ0v) is 17.1. The van der Waals surface area contributed by atoms with Crippen molar-refractivity contribution in [2.45, 2.75) is 19.8 Å². The van der Waals surface area contributed by atoms with Crippen LogP contribution in [0.5, 0.6) is 5.75 Å². The van der Waals surface area contributed by atoms with E-state index < -0.39 is 0 Å². The highest BCUT2D eigenvalue weighted by Gasteiger charge is 2.29. The molecule has 0 spiro atoms. The van der Waals surface area contributed by atoms with E-state index in [9.17, 15) is 9.59 Å². The molecule has 1 aliphatic rings. The number of aromatic amines is 1. The molecular weight excluding hydrogens is 378 g/mol. The summed E-state index contributed by atoms with van der Waals surface area (Å²) in [7, 11) is 0. The molecule has 154 valence electrons. The Bertz CT molecular complexity index is 1070. The predicted octanol–water partition coefficient (Wildman–Crippen LogP) is 2.99. The quantitative estimate of drug-likeness (QED) is 0.640. The second-order valence-corrected chi connectivity index (χ2v) is 7.55. The van der Waals surface area contributed by atoms with E-state index in [-0.39, 0.29) is 17.6 Å². The smallest absolute Gasteiger partial charge is 0.220 e. The number of ketones is 1. The molecule has 2 heterocycles. The van der Waals surface area contributed by atoms with E-state index in [1.54, 1.807) is 6.20 Å². The molecule has 0 bridgehead atoms. The summed E-state index contributed by atoms with van der Waals surface area (Å²) in [5.74, 6) is 0.355. The number of rotatable bonds is 6. The molecule has 1 amide bonds. The summed E-state index contributed by atoms with van der Waals surface area (Å²) in [5, 5.41) is 0.931. The minimum absolute atomic E-state index is 0.0393. The van der Waals surface area contributed by atoms with Gasteiger partial charge in [-0.05, 0) is 31.9 Å². The number of carbonyl (C=O) groups is 2. The lowest BCUT2D eigenvalue weighted by Crippen LogP contribution is -2.39. The minimum Gasteiger partial charge on any atom is -0.494 e. The van der Waals surface area contributed by atoms with E-state index in [0.717, 1.165) is 22.3 Å². The predicted molar refractivity (Wildman–Crippen MR) is 116 cm³/mol. The molecule has 1 saturated heterocycles. The van der Waals surface area contributed by atoms with E-state index in [1.807, 2.05) is 55.5 Å². The number of piperidine rings is 1. The van der Waals surface area contributed by atoms with Crippen molar-refractivity contribution in [3.63, 3.8) is 0 Å². The molecule has 4 rings (SSSR count). The third kappa shape index (κ3) is 3.85. The largest absolute Gasteiger partial charge is 0.494 e. The van der Waals surface area contributed by atoms with Crippen molar-refractivity contribution in [3.8, 4) is 5.75 Å². The normalized spacial score (nSPS) is 14.6. The van der Waals surface area contributed by atoms with Crippen LogP contribution in [0.15, 0.2) is 54.7 Å². The van der Waals surface area contributed by atoms with Crippen LogP contribution in [-0.2, 0) is 4.79 Å². The van der Waals surface area contributed by atoms with Crippen LogP contribution >= 0.6 is 0 Å². The topological polar surface area (TPSA) is 86.8 Å². The van der Waals surface area contributed by atoms with Gasteiger partial charge < -0.3 is 15.4 Å². The molecule has 1 aromatic heterocycles. The van der Waals surface area contributed by atoms with E-state index in [1.165, 1.54) is 0 Å². The van der Waals surface area contributed by atoms with Crippen LogP contribution in [0.4, 0.5) is 5.69 Å². The van der Waals surface area contributed by atoms with Crippen molar-refractivity contribution < 1.29 is 19.3 Å². The maximum Gasteiger partial charge on any atom is 0.220 e. The van der Waals surface area contributed by atoms with Gasteiger partial charge in [-0.15, -0.1) is 0 Å². The van der Waals surface area contributed by atoms with Gasteiger partial charge in [-0.1, -0.05) is 30.3 Å². The molecule has 0 saturated carbocycles. The molecule has 6 heteroatoms. The molecule has 2 aromatic carbocycles. The Morgan fingerprint density at radius 2 is 1.87 bits per heavy atom. The fourth-order valence-corrected chi connectivity index (χ4v) is 4.11. The average Bonchev–Trinajstić information content (AvgIpc) is 2.78. The number of pyridine rings is 1. The lowest BCUT2D eigenvalue weighted by Gasteiger charge is -2.33. The minimum atomic E-state index is -0.250. The average molecular weight is 404 g/mol. The van der Waals surface area contributed by atoms with E-state index in [2.05, 4.69) is 9.88 Å². The van der Waals surface area contributed by atoms with Crippen molar-refractivity contribution in [1.82, 2.24) is 0 Å². The highest BCUT2D eigenvalue weighted by molar-refractivity contribution is 6.15. The van der Waals surface area contributed by atoms with Gasteiger partial charge in [-0.25, -0.2) is 4.98 Å². The number of hydrogen-bond donors (Lipinski definition) is 1. The first-order valence-corrected chi connectivity index (χ1v) is 10.3. The molecule has 1 aliphatic heterocycles. The zero-order chi connectivity index (χ0) is 21.1. The molecular formula is C24H26N3O3+. The number of primary amides is 1. The fraction of sp³-hybridized carbons (Fsp3) is 0.292. The van der Waals surface area contributed by atoms with Crippen LogP contribution in [0, 0.1) is 5.92 Å². The van der Waals surface area contributed by atoms with Gasteiger partial charge in [0.1, 0.15) is 11.3 Å². The van der Waals surface area contributed by atoms with Gasteiger partial charge in [0.25, 0.3) is 0 Å². The number of anilines is 1.